The average Bonchev–Trinajstić information content (AvgIpc) is 2.15. The third kappa shape index (κ3) is 4.51. The van der Waals surface area contributed by atoms with Crippen molar-refractivity contribution in [2.24, 2.45) is 5.73 Å². The molecule has 0 saturated heterocycles. The maximum absolute atomic E-state index is 11.9. The van der Waals surface area contributed by atoms with Gasteiger partial charge in [0.2, 0.25) is 0 Å². The number of ether oxygens (including phenoxy) is 1. The predicted molar refractivity (Wildman–Crippen MR) is 60.0 cm³/mol. The molecule has 0 heterocycles. The van der Waals surface area contributed by atoms with Crippen LogP contribution in [0.4, 0.5) is 13.2 Å². The molecule has 0 fully saturated rings. The van der Waals surface area contributed by atoms with Gasteiger partial charge in [-0.3, -0.25) is 0 Å². The quantitative estimate of drug-likeness (QED) is 0.859. The van der Waals surface area contributed by atoms with Crippen molar-refractivity contribution in [3.63, 3.8) is 0 Å². The van der Waals surface area contributed by atoms with Crippen LogP contribution in [0.25, 0.3) is 0 Å². The van der Waals surface area contributed by atoms with E-state index in [0.717, 1.165) is 4.90 Å². The molecule has 1 aromatic rings. The van der Waals surface area contributed by atoms with Crippen LogP contribution in [0.1, 0.15) is 5.56 Å². The number of benzene rings is 1. The van der Waals surface area contributed by atoms with Crippen LogP contribution in [0.5, 0.6) is 5.75 Å². The third-order valence-electron chi connectivity index (χ3n) is 1.71. The Morgan fingerprint density at radius 2 is 2.00 bits per heavy atom. The van der Waals surface area contributed by atoms with Gasteiger partial charge in [0, 0.05) is 11.4 Å². The van der Waals surface area contributed by atoms with E-state index in [4.69, 9.17) is 5.73 Å². The average molecular weight is 274 g/mol. The lowest BCUT2D eigenvalue weighted by Crippen LogP contribution is -2.17. The fourth-order valence-corrected chi connectivity index (χ4v) is 1.72. The summed E-state index contributed by atoms with van der Waals surface area (Å²) in [5.74, 6) is -0.235. The van der Waals surface area contributed by atoms with E-state index in [1.165, 1.54) is 23.9 Å². The van der Waals surface area contributed by atoms with Gasteiger partial charge in [-0.15, -0.1) is 37.3 Å². The smallest absolute Gasteiger partial charge is 0.406 e. The van der Waals surface area contributed by atoms with Gasteiger partial charge in [-0.1, -0.05) is 0 Å². The molecule has 0 spiro atoms. The lowest BCUT2D eigenvalue weighted by Gasteiger charge is -2.11. The Morgan fingerprint density at radius 3 is 2.44 bits per heavy atom. The highest BCUT2D eigenvalue weighted by molar-refractivity contribution is 7.98. The first-order valence-corrected chi connectivity index (χ1v) is 5.31. The van der Waals surface area contributed by atoms with Crippen LogP contribution in [0.15, 0.2) is 23.1 Å². The summed E-state index contributed by atoms with van der Waals surface area (Å²) in [7, 11) is 0. The Kier molecular flexibility index (Phi) is 5.99. The van der Waals surface area contributed by atoms with Gasteiger partial charge in [-0.2, -0.15) is 0 Å². The zero-order valence-electron chi connectivity index (χ0n) is 8.38. The highest BCUT2D eigenvalue weighted by atomic mass is 35.5. The van der Waals surface area contributed by atoms with Crippen LogP contribution in [-0.4, -0.2) is 12.6 Å². The second kappa shape index (κ2) is 6.22. The highest BCUT2D eigenvalue weighted by Crippen LogP contribution is 2.28. The molecular weight excluding hydrogens is 263 g/mol. The van der Waals surface area contributed by atoms with Crippen LogP contribution in [0, 0.1) is 0 Å². The van der Waals surface area contributed by atoms with Crippen molar-refractivity contribution < 1.29 is 17.9 Å². The normalized spacial score (nSPS) is 10.8. The highest BCUT2D eigenvalue weighted by Gasteiger charge is 2.31. The first-order chi connectivity index (χ1) is 6.96. The number of nitrogens with two attached hydrogens (primary N) is 1. The minimum Gasteiger partial charge on any atom is -0.406 e. The Labute approximate surface area is 102 Å². The summed E-state index contributed by atoms with van der Waals surface area (Å²) < 4.78 is 39.5. The van der Waals surface area contributed by atoms with Gasteiger partial charge in [0.1, 0.15) is 5.75 Å². The summed E-state index contributed by atoms with van der Waals surface area (Å²) in [5.41, 5.74) is 6.05. The molecule has 0 aliphatic carbocycles. The second-order valence-corrected chi connectivity index (χ2v) is 3.57. The molecule has 0 aliphatic rings. The standard InChI is InChI=1S/C9H10F3NOS.ClH/c1-15-8-3-2-7(4-6(8)5-13)14-9(10,11)12;/h2-4H,5,13H2,1H3;1H. The Morgan fingerprint density at radius 1 is 1.38 bits per heavy atom. The van der Waals surface area contributed by atoms with Gasteiger partial charge in [-0.05, 0) is 30.0 Å². The largest absolute Gasteiger partial charge is 0.573 e. The molecule has 2 nitrogen and oxygen atoms in total. The molecule has 2 N–H and O–H groups in total. The first-order valence-electron chi connectivity index (χ1n) is 4.09. The number of halogens is 4. The molecule has 0 aromatic heterocycles. The molecule has 0 amide bonds. The van der Waals surface area contributed by atoms with Crippen molar-refractivity contribution in [1.29, 1.82) is 0 Å². The van der Waals surface area contributed by atoms with Crippen LogP contribution >= 0.6 is 24.2 Å². The van der Waals surface area contributed by atoms with Gasteiger partial charge >= 0.3 is 6.36 Å². The molecule has 16 heavy (non-hydrogen) atoms. The molecule has 0 atom stereocenters. The summed E-state index contributed by atoms with van der Waals surface area (Å²) in [4.78, 5) is 0.854. The summed E-state index contributed by atoms with van der Waals surface area (Å²) >= 11 is 1.43. The van der Waals surface area contributed by atoms with Crippen molar-refractivity contribution in [2.45, 2.75) is 17.8 Å². The zero-order valence-corrected chi connectivity index (χ0v) is 10.0. The van der Waals surface area contributed by atoms with Crippen molar-refractivity contribution >= 4 is 24.2 Å². The van der Waals surface area contributed by atoms with E-state index in [2.05, 4.69) is 4.74 Å². The summed E-state index contributed by atoms with van der Waals surface area (Å²) in [5, 5.41) is 0. The first kappa shape index (κ1) is 15.4. The predicted octanol–water partition coefficient (Wildman–Crippen LogP) is 3.19. The van der Waals surface area contributed by atoms with Gasteiger partial charge in [-0.25, -0.2) is 0 Å². The number of hydrogen-bond donors (Lipinski definition) is 1. The zero-order chi connectivity index (χ0) is 11.5. The molecular formula is C9H11ClF3NOS. The van der Waals surface area contributed by atoms with Crippen molar-refractivity contribution in [1.82, 2.24) is 0 Å². The molecule has 0 radical (unpaired) electrons. The van der Waals surface area contributed by atoms with Crippen LogP contribution in [0.3, 0.4) is 0 Å². The van der Waals surface area contributed by atoms with Gasteiger partial charge in [0.05, 0.1) is 0 Å². The number of hydrogen-bond acceptors (Lipinski definition) is 3. The maximum Gasteiger partial charge on any atom is 0.573 e. The van der Waals surface area contributed by atoms with Gasteiger partial charge in [0.15, 0.2) is 0 Å². The SMILES string of the molecule is CSc1ccc(OC(F)(F)F)cc1CN.Cl. The van der Waals surface area contributed by atoms with Gasteiger partial charge < -0.3 is 10.5 Å². The van der Waals surface area contributed by atoms with Gasteiger partial charge in [0.25, 0.3) is 0 Å². The monoisotopic (exact) mass is 273 g/mol. The number of thioether (sulfide) groups is 1. The third-order valence-corrected chi connectivity index (χ3v) is 2.54. The molecule has 1 aromatic carbocycles. The Hall–Kier alpha value is -0.590. The molecule has 0 aliphatic heterocycles. The van der Waals surface area contributed by atoms with Crippen molar-refractivity contribution in [2.75, 3.05) is 6.26 Å². The van der Waals surface area contributed by atoms with Crippen molar-refractivity contribution in [3.05, 3.63) is 23.8 Å². The maximum atomic E-state index is 11.9. The number of rotatable bonds is 3. The lowest BCUT2D eigenvalue weighted by molar-refractivity contribution is -0.274. The minimum absolute atomic E-state index is 0. The van der Waals surface area contributed by atoms with E-state index in [1.807, 2.05) is 6.26 Å². The van der Waals surface area contributed by atoms with Crippen LogP contribution < -0.4 is 10.5 Å². The van der Waals surface area contributed by atoms with E-state index in [-0.39, 0.29) is 24.7 Å². The van der Waals surface area contributed by atoms with E-state index >= 15 is 0 Å². The Balaban J connectivity index is 0.00000225. The van der Waals surface area contributed by atoms with E-state index in [9.17, 15) is 13.2 Å². The van der Waals surface area contributed by atoms with Crippen LogP contribution in [-0.2, 0) is 6.54 Å². The Bertz CT molecular complexity index is 346. The lowest BCUT2D eigenvalue weighted by atomic mass is 10.2. The summed E-state index contributed by atoms with van der Waals surface area (Å²) in [6.45, 7) is 0.186. The molecule has 0 bridgehead atoms. The van der Waals surface area contributed by atoms with Crippen molar-refractivity contribution in [3.8, 4) is 5.75 Å². The van der Waals surface area contributed by atoms with E-state index in [1.54, 1.807) is 6.07 Å². The topological polar surface area (TPSA) is 35.2 Å². The second-order valence-electron chi connectivity index (χ2n) is 2.73. The molecule has 0 unspecified atom stereocenters. The molecule has 0 saturated carbocycles. The summed E-state index contributed by atoms with van der Waals surface area (Å²) in [6.07, 6.45) is -2.83. The number of alkyl halides is 3. The molecule has 7 heteroatoms. The van der Waals surface area contributed by atoms with E-state index in [0.29, 0.717) is 5.56 Å². The van der Waals surface area contributed by atoms with E-state index < -0.39 is 6.36 Å². The summed E-state index contributed by atoms with van der Waals surface area (Å²) in [6, 6.07) is 4.14. The fourth-order valence-electron chi connectivity index (χ4n) is 1.11. The molecule has 92 valence electrons. The minimum atomic E-state index is -4.66. The molecule has 1 rings (SSSR count). The fraction of sp³-hybridized carbons (Fsp3) is 0.333. The van der Waals surface area contributed by atoms with Crippen LogP contribution in [0.2, 0.25) is 0 Å².